The van der Waals surface area contributed by atoms with Crippen LogP contribution < -0.4 is 4.74 Å². The number of hydrogen-bond acceptors (Lipinski definition) is 1. The Morgan fingerprint density at radius 1 is 0.471 bits per heavy atom. The van der Waals surface area contributed by atoms with Crippen LogP contribution in [-0.4, -0.2) is 6.10 Å². The molecule has 0 saturated carbocycles. The lowest BCUT2D eigenvalue weighted by molar-refractivity contribution is -0.135. The molecule has 0 aromatic heterocycles. The molecule has 8 aromatic rings. The fourth-order valence-electron chi connectivity index (χ4n) is 8.61. The molecule has 1 heterocycles. The number of halogens is 3. The Morgan fingerprint density at radius 2 is 0.941 bits per heavy atom. The largest absolute Gasteiger partial charge is 0.484 e. The molecule has 0 bridgehead atoms. The molecule has 0 spiro atoms. The number of benzene rings is 8. The molecule has 1 aliphatic carbocycles. The second-order valence-corrected chi connectivity index (χ2v) is 13.4. The summed E-state index contributed by atoms with van der Waals surface area (Å²) in [4.78, 5) is 0. The van der Waals surface area contributed by atoms with Crippen LogP contribution in [0.15, 0.2) is 164 Å². The van der Waals surface area contributed by atoms with Crippen LogP contribution in [0.4, 0.5) is 13.2 Å². The molecule has 1 nitrogen and oxygen atoms in total. The second kappa shape index (κ2) is 11.2. The zero-order valence-corrected chi connectivity index (χ0v) is 27.3. The zero-order valence-electron chi connectivity index (χ0n) is 27.3. The second-order valence-electron chi connectivity index (χ2n) is 13.4. The smallest absolute Gasteiger partial charge is 0.417 e. The summed E-state index contributed by atoms with van der Waals surface area (Å²) >= 11 is 0. The first-order valence-electron chi connectivity index (χ1n) is 17.2. The van der Waals surface area contributed by atoms with E-state index in [0.29, 0.717) is 10.8 Å². The molecule has 2 aliphatic rings. The van der Waals surface area contributed by atoms with E-state index in [1.807, 2.05) is 30.3 Å². The highest BCUT2D eigenvalue weighted by molar-refractivity contribution is 6.19. The van der Waals surface area contributed by atoms with Crippen molar-refractivity contribution in [3.63, 3.8) is 0 Å². The van der Waals surface area contributed by atoms with Crippen LogP contribution in [0.5, 0.6) is 5.75 Å². The van der Waals surface area contributed by atoms with Crippen molar-refractivity contribution in [1.29, 1.82) is 0 Å². The highest BCUT2D eigenvalue weighted by Crippen LogP contribution is 2.52. The maximum Gasteiger partial charge on any atom is 0.417 e. The van der Waals surface area contributed by atoms with Crippen LogP contribution >= 0.6 is 0 Å². The lowest BCUT2D eigenvalue weighted by Crippen LogP contribution is -2.21. The van der Waals surface area contributed by atoms with Crippen molar-refractivity contribution in [3.8, 4) is 28.0 Å². The number of fused-ring (bicyclic) bond motifs is 7. The highest BCUT2D eigenvalue weighted by atomic mass is 19.4. The average molecular weight is 667 g/mol. The molecule has 244 valence electrons. The lowest BCUT2D eigenvalue weighted by atomic mass is 9.79. The average Bonchev–Trinajstić information content (AvgIpc) is 3.54. The quantitative estimate of drug-likeness (QED) is 0.171. The van der Waals surface area contributed by atoms with Crippen LogP contribution in [0.2, 0.25) is 0 Å². The Hall–Kier alpha value is -6.13. The van der Waals surface area contributed by atoms with Crippen LogP contribution in [0.1, 0.15) is 22.6 Å². The van der Waals surface area contributed by atoms with E-state index >= 15 is 0 Å². The minimum atomic E-state index is -4.50. The van der Waals surface area contributed by atoms with Crippen molar-refractivity contribution in [3.05, 3.63) is 181 Å². The van der Waals surface area contributed by atoms with Gasteiger partial charge in [-0.15, -0.1) is 0 Å². The summed E-state index contributed by atoms with van der Waals surface area (Å²) in [6, 6.07) is 47.6. The van der Waals surface area contributed by atoms with Crippen molar-refractivity contribution in [1.82, 2.24) is 0 Å². The van der Waals surface area contributed by atoms with Gasteiger partial charge in [0.05, 0.1) is 5.56 Å². The lowest BCUT2D eigenvalue weighted by Gasteiger charge is -2.26. The Labute approximate surface area is 292 Å². The van der Waals surface area contributed by atoms with E-state index in [1.165, 1.54) is 32.7 Å². The third-order valence-corrected chi connectivity index (χ3v) is 10.6. The first-order chi connectivity index (χ1) is 25.0. The summed E-state index contributed by atoms with van der Waals surface area (Å²) in [5.74, 6) is 0.722. The minimum Gasteiger partial charge on any atom is -0.484 e. The summed E-state index contributed by atoms with van der Waals surface area (Å²) in [5.41, 5.74) is 6.76. The summed E-state index contributed by atoms with van der Waals surface area (Å²) in [5, 5.41) is 6.26. The first kappa shape index (κ1) is 29.8. The van der Waals surface area contributed by atoms with Crippen molar-refractivity contribution in [2.24, 2.45) is 0 Å². The number of ether oxygens (including phenoxy) is 1. The molecule has 0 N–H and O–H groups in total. The molecule has 8 aromatic carbocycles. The number of alkyl halides is 3. The van der Waals surface area contributed by atoms with Gasteiger partial charge in [-0.25, -0.2) is 0 Å². The molecule has 10 rings (SSSR count). The Morgan fingerprint density at radius 3 is 1.49 bits per heavy atom. The van der Waals surface area contributed by atoms with E-state index in [4.69, 9.17) is 4.74 Å². The first-order valence-corrected chi connectivity index (χ1v) is 17.2. The number of hydrogen-bond donors (Lipinski definition) is 0. The summed E-state index contributed by atoms with van der Waals surface area (Å²) < 4.78 is 50.6. The molecule has 2 atom stereocenters. The molecule has 2 unspecified atom stereocenters. The van der Waals surface area contributed by atoms with Gasteiger partial charge in [0.1, 0.15) is 11.9 Å². The van der Waals surface area contributed by atoms with Crippen LogP contribution in [0.3, 0.4) is 0 Å². The Bertz CT molecular complexity index is 2660. The van der Waals surface area contributed by atoms with Gasteiger partial charge in [-0.05, 0) is 83.0 Å². The Balaban J connectivity index is 1.15. The van der Waals surface area contributed by atoms with Crippen molar-refractivity contribution in [2.45, 2.75) is 18.2 Å². The van der Waals surface area contributed by atoms with Gasteiger partial charge in [-0.1, -0.05) is 152 Å². The standard InChI is InChI=1S/C47H29F3O/c48-47(49,50)45-36-21-10-8-19-34(36)43(35-20-9-11-22-37(35)45)29-25-26-41-40(27-29)38-23-12-24-39(46(38)51-41)44-32-17-6-4-15-30(32)42(28-13-2-1-3-14-28)31-16-5-7-18-33(31)44/h1-27,38,46H. The van der Waals surface area contributed by atoms with Gasteiger partial charge in [0.15, 0.2) is 0 Å². The van der Waals surface area contributed by atoms with Gasteiger partial charge < -0.3 is 4.74 Å². The normalized spacial score (nSPS) is 16.7. The predicted molar refractivity (Wildman–Crippen MR) is 203 cm³/mol. The van der Waals surface area contributed by atoms with E-state index in [9.17, 15) is 13.2 Å². The van der Waals surface area contributed by atoms with E-state index in [1.54, 1.807) is 36.4 Å². The molecule has 51 heavy (non-hydrogen) atoms. The maximum absolute atomic E-state index is 14.6. The number of allylic oxidation sites excluding steroid dienone is 2. The summed E-state index contributed by atoms with van der Waals surface area (Å²) in [7, 11) is 0. The third kappa shape index (κ3) is 4.49. The summed E-state index contributed by atoms with van der Waals surface area (Å²) in [6.07, 6.45) is 1.73. The van der Waals surface area contributed by atoms with Crippen LogP contribution in [-0.2, 0) is 6.18 Å². The van der Waals surface area contributed by atoms with Gasteiger partial charge in [0, 0.05) is 17.1 Å². The van der Waals surface area contributed by atoms with Crippen LogP contribution in [0.25, 0.3) is 70.9 Å². The Kier molecular flexibility index (Phi) is 6.53. The fourth-order valence-corrected chi connectivity index (χ4v) is 8.61. The topological polar surface area (TPSA) is 9.23 Å². The molecule has 0 radical (unpaired) electrons. The molecule has 0 saturated heterocycles. The van der Waals surface area contributed by atoms with E-state index < -0.39 is 11.7 Å². The molecule has 0 amide bonds. The summed E-state index contributed by atoms with van der Waals surface area (Å²) in [6.45, 7) is 0. The van der Waals surface area contributed by atoms with Crippen molar-refractivity contribution < 1.29 is 17.9 Å². The van der Waals surface area contributed by atoms with Gasteiger partial charge in [-0.3, -0.25) is 0 Å². The highest BCUT2D eigenvalue weighted by Gasteiger charge is 2.39. The number of rotatable bonds is 3. The van der Waals surface area contributed by atoms with Crippen LogP contribution in [0, 0.1) is 0 Å². The van der Waals surface area contributed by atoms with E-state index in [0.717, 1.165) is 33.6 Å². The molecule has 0 fully saturated rings. The van der Waals surface area contributed by atoms with Gasteiger partial charge in [-0.2, -0.15) is 13.2 Å². The van der Waals surface area contributed by atoms with E-state index in [2.05, 4.69) is 97.1 Å². The van der Waals surface area contributed by atoms with E-state index in [-0.39, 0.29) is 22.8 Å². The molecule has 4 heteroatoms. The SMILES string of the molecule is FC(F)(F)c1c2ccccc2c(-c2ccc3c(c2)C2C=CC=C(c4c5ccccc5c(-c5ccccc5)c5ccccc45)C2O3)c2ccccc12. The molecule has 1 aliphatic heterocycles. The monoisotopic (exact) mass is 666 g/mol. The molecular weight excluding hydrogens is 638 g/mol. The minimum absolute atomic E-state index is 0.0711. The van der Waals surface area contributed by atoms with Crippen molar-refractivity contribution in [2.75, 3.05) is 0 Å². The third-order valence-electron chi connectivity index (χ3n) is 10.6. The predicted octanol–water partition coefficient (Wildman–Crippen LogP) is 13.2. The maximum atomic E-state index is 14.6. The zero-order chi connectivity index (χ0) is 34.3. The van der Waals surface area contributed by atoms with Gasteiger partial charge in [0.2, 0.25) is 0 Å². The van der Waals surface area contributed by atoms with Gasteiger partial charge >= 0.3 is 6.18 Å². The van der Waals surface area contributed by atoms with Gasteiger partial charge in [0.25, 0.3) is 0 Å². The van der Waals surface area contributed by atoms with Crippen molar-refractivity contribution >= 4 is 48.7 Å². The molecular formula is C47H29F3O. The fraction of sp³-hybridized carbons (Fsp3) is 0.0638.